The van der Waals surface area contributed by atoms with Crippen molar-refractivity contribution >= 4 is 40.1 Å². The first-order chi connectivity index (χ1) is 23.5. The Bertz CT molecular complexity index is 2110. The van der Waals surface area contributed by atoms with Crippen LogP contribution in [-0.4, -0.2) is 23.8 Å². The molecule has 0 amide bonds. The number of hydrogen-bond donors (Lipinski definition) is 1. The van der Waals surface area contributed by atoms with Gasteiger partial charge in [0.05, 0.1) is 0 Å². The third-order valence-corrected chi connectivity index (χ3v) is 14.1. The average Bonchev–Trinajstić information content (AvgIpc) is 3.13. The van der Waals surface area contributed by atoms with Crippen molar-refractivity contribution in [2.45, 2.75) is 12.8 Å². The van der Waals surface area contributed by atoms with Crippen molar-refractivity contribution in [3.63, 3.8) is 0 Å². The maximum absolute atomic E-state index is 13.7. The second-order valence-electron chi connectivity index (χ2n) is 12.0. The zero-order chi connectivity index (χ0) is 32.9. The Hall–Kier alpha value is -5.51. The number of phenolic OH excluding ortho intramolecular Hbond substituents is 1. The Labute approximate surface area is 279 Å². The zero-order valence-electron chi connectivity index (χ0n) is 26.3. The summed E-state index contributed by atoms with van der Waals surface area (Å²) in [4.78, 5) is 25.9. The fraction of sp³-hybridized carbons (Fsp3) is 0.0952. The molecule has 5 aromatic rings. The number of phenols is 1. The Kier molecular flexibility index (Phi) is 8.87. The predicted octanol–water partition coefficient (Wildman–Crippen LogP) is 7.93. The van der Waals surface area contributed by atoms with Gasteiger partial charge < -0.3 is 5.11 Å². The van der Waals surface area contributed by atoms with Crippen LogP contribution in [0, 0.1) is 0 Å². The molecule has 0 fully saturated rings. The Balaban J connectivity index is 1.15. The maximum atomic E-state index is 13.7. The van der Waals surface area contributed by atoms with E-state index in [0.29, 0.717) is 33.4 Å². The quantitative estimate of drug-likeness (QED) is 0.0704. The fourth-order valence-corrected chi connectivity index (χ4v) is 11.8. The van der Waals surface area contributed by atoms with Gasteiger partial charge in [-0.15, -0.1) is 0 Å². The van der Waals surface area contributed by atoms with E-state index in [-0.39, 0.29) is 17.8 Å². The van der Waals surface area contributed by atoms with Gasteiger partial charge in [-0.3, -0.25) is 4.79 Å². The molecule has 7 rings (SSSR count). The van der Waals surface area contributed by atoms with E-state index in [1.54, 1.807) is 24.3 Å². The van der Waals surface area contributed by atoms with Crippen LogP contribution >= 0.6 is 7.26 Å². The van der Waals surface area contributed by atoms with E-state index in [9.17, 15) is 14.7 Å². The average molecular weight is 651 g/mol. The zero-order valence-corrected chi connectivity index (χ0v) is 27.3. The first-order valence-corrected chi connectivity index (χ1v) is 18.4. The molecule has 1 aliphatic carbocycles. The van der Waals surface area contributed by atoms with Crippen molar-refractivity contribution in [1.82, 2.24) is 0 Å². The third-order valence-electron chi connectivity index (χ3n) is 9.07. The molecule has 0 unspecified atom stereocenters. The summed E-state index contributed by atoms with van der Waals surface area (Å²) in [5, 5.41) is 14.9. The molecule has 0 bridgehead atoms. The number of fused-ring (bicyclic) bond motifs is 2. The van der Waals surface area contributed by atoms with Crippen LogP contribution < -0.4 is 21.3 Å². The number of aromatic hydroxyl groups is 1. The Morgan fingerprint density at radius 2 is 1.25 bits per heavy atom. The van der Waals surface area contributed by atoms with Gasteiger partial charge in [-0.1, -0.05) is 0 Å². The Morgan fingerprint density at radius 1 is 0.646 bits per heavy atom. The number of rotatable bonds is 10. The molecule has 0 aromatic heterocycles. The molecular weight excluding hydrogens is 615 g/mol. The van der Waals surface area contributed by atoms with Crippen molar-refractivity contribution in [2.24, 2.45) is 0 Å². The number of ether oxygens (including phenoxy) is 1. The molecule has 0 saturated heterocycles. The minimum absolute atomic E-state index is 0.0430. The van der Waals surface area contributed by atoms with Crippen molar-refractivity contribution in [3.8, 4) is 28.2 Å². The molecule has 6 heteroatoms. The minimum atomic E-state index is -2.37. The summed E-state index contributed by atoms with van der Waals surface area (Å²) < 4.78 is 12.0. The third kappa shape index (κ3) is 6.01. The van der Waals surface area contributed by atoms with Gasteiger partial charge in [-0.05, 0) is 0 Å². The van der Waals surface area contributed by atoms with Crippen molar-refractivity contribution in [2.75, 3.05) is 12.8 Å². The van der Waals surface area contributed by atoms with Crippen LogP contribution in [0.25, 0.3) is 33.4 Å². The molecule has 1 N–H and O–H groups in total. The first-order valence-electron chi connectivity index (χ1n) is 16.2. The van der Waals surface area contributed by atoms with Gasteiger partial charge in [0.2, 0.25) is 0 Å². The fourth-order valence-electron chi connectivity index (χ4n) is 6.86. The first kappa shape index (κ1) is 31.1. The van der Waals surface area contributed by atoms with Crippen LogP contribution in [0.5, 0.6) is 5.75 Å². The van der Waals surface area contributed by atoms with Crippen molar-refractivity contribution in [3.05, 3.63) is 167 Å². The summed E-state index contributed by atoms with van der Waals surface area (Å²) in [5.41, 5.74) is 2.74. The van der Waals surface area contributed by atoms with Crippen LogP contribution in [0.4, 0.5) is 0 Å². The topological polar surface area (TPSA) is 76.7 Å². The van der Waals surface area contributed by atoms with Gasteiger partial charge in [0.15, 0.2) is 5.43 Å². The summed E-state index contributed by atoms with van der Waals surface area (Å²) in [5.74, 6) is 0.00710. The molecule has 0 radical (unpaired) electrons. The van der Waals surface area contributed by atoms with Gasteiger partial charge in [0.25, 0.3) is 0 Å². The van der Waals surface area contributed by atoms with Crippen LogP contribution in [0.15, 0.2) is 161 Å². The monoisotopic (exact) mass is 650 g/mol. The van der Waals surface area contributed by atoms with Crippen LogP contribution in [0.1, 0.15) is 23.2 Å². The molecule has 2 aliphatic rings. The molecular formula is C42H35O5P. The molecule has 1 aliphatic heterocycles. The molecule has 5 aromatic carbocycles. The van der Waals surface area contributed by atoms with E-state index >= 15 is 0 Å². The SMILES string of the molecule is O=C(OCCCC[PH](c1ccccc1)(c1ccccc1)c1ccccc1)c1ccccc1-c1c2ccc(=O)cc-2oc2cc(O)ccc12. The van der Waals surface area contributed by atoms with Gasteiger partial charge in [-0.2, -0.15) is 0 Å². The van der Waals surface area contributed by atoms with E-state index in [1.807, 2.05) is 18.2 Å². The summed E-state index contributed by atoms with van der Waals surface area (Å²) in [6.45, 7) is 0.287. The second-order valence-corrected chi connectivity index (χ2v) is 16.0. The normalized spacial score (nSPS) is 11.8. The van der Waals surface area contributed by atoms with E-state index in [1.165, 1.54) is 34.1 Å². The summed E-state index contributed by atoms with van der Waals surface area (Å²) >= 11 is 0. The molecule has 1 heterocycles. The number of carbonyl (C=O) groups excluding carboxylic acids is 1. The van der Waals surface area contributed by atoms with Crippen molar-refractivity contribution < 1.29 is 19.1 Å². The molecule has 0 atom stereocenters. The van der Waals surface area contributed by atoms with Crippen LogP contribution in [-0.2, 0) is 4.74 Å². The second kappa shape index (κ2) is 13.7. The van der Waals surface area contributed by atoms with Crippen LogP contribution in [0.3, 0.4) is 0 Å². The number of benzene rings is 6. The molecule has 0 saturated carbocycles. The number of hydrogen-bond acceptors (Lipinski definition) is 5. The molecule has 48 heavy (non-hydrogen) atoms. The molecule has 0 spiro atoms. The van der Waals surface area contributed by atoms with Gasteiger partial charge in [0, 0.05) is 0 Å². The van der Waals surface area contributed by atoms with Gasteiger partial charge in [0.1, 0.15) is 5.75 Å². The van der Waals surface area contributed by atoms with E-state index in [2.05, 4.69) is 91.0 Å². The van der Waals surface area contributed by atoms with Crippen LogP contribution in [0.2, 0.25) is 0 Å². The Morgan fingerprint density at radius 3 is 1.90 bits per heavy atom. The number of carbonyl (C=O) groups is 1. The van der Waals surface area contributed by atoms with E-state index in [0.717, 1.165) is 24.6 Å². The molecule has 5 nitrogen and oxygen atoms in total. The predicted molar refractivity (Wildman–Crippen MR) is 197 cm³/mol. The summed E-state index contributed by atoms with van der Waals surface area (Å²) in [6, 6.07) is 49.3. The van der Waals surface area contributed by atoms with E-state index in [4.69, 9.17) is 9.15 Å². The summed E-state index contributed by atoms with van der Waals surface area (Å²) in [6.07, 6.45) is 2.58. The van der Waals surface area contributed by atoms with Gasteiger partial charge >= 0.3 is 259 Å². The number of esters is 1. The molecule has 238 valence electrons. The standard InChI is InChI=1S/C42H35O5P/c43-30-22-24-37-39(28-30)47-40-29-31(44)23-25-38(40)41(37)35-20-10-11-21-36(35)42(45)46-26-12-13-27-48(32-14-4-1-5-15-32,33-16-6-2-7-17-33)34-18-8-3-9-19-34/h1-11,14-25,28-29,43,48H,12-13,26-27H2. The van der Waals surface area contributed by atoms with E-state index < -0.39 is 13.2 Å². The van der Waals surface area contributed by atoms with Gasteiger partial charge in [-0.25, -0.2) is 0 Å². The summed E-state index contributed by atoms with van der Waals surface area (Å²) in [7, 11) is -2.37. The number of unbranched alkanes of at least 4 members (excludes halogenated alkanes) is 1. The van der Waals surface area contributed by atoms with Crippen molar-refractivity contribution in [1.29, 1.82) is 0 Å².